The summed E-state index contributed by atoms with van der Waals surface area (Å²) in [4.78, 5) is 12.5. The monoisotopic (exact) mass is 500 g/mol. The molecule has 10 heteroatoms. The molecule has 1 saturated heterocycles. The molecule has 162 valence electrons. The summed E-state index contributed by atoms with van der Waals surface area (Å²) in [6, 6.07) is 8.96. The Morgan fingerprint density at radius 3 is 2.43 bits per heavy atom. The van der Waals surface area contributed by atoms with Gasteiger partial charge >= 0.3 is 0 Å². The van der Waals surface area contributed by atoms with Gasteiger partial charge in [0, 0.05) is 29.5 Å². The molecular formula is C20H22BrFN2O5S. The van der Waals surface area contributed by atoms with Crippen LogP contribution in [0, 0.1) is 11.7 Å². The number of anilines is 1. The molecule has 1 aliphatic rings. The third-order valence-corrected chi connectivity index (χ3v) is 7.42. The molecule has 1 aliphatic heterocycles. The molecule has 1 heterocycles. The van der Waals surface area contributed by atoms with Gasteiger partial charge < -0.3 is 14.8 Å². The van der Waals surface area contributed by atoms with Crippen LogP contribution in [0.5, 0.6) is 11.5 Å². The summed E-state index contributed by atoms with van der Waals surface area (Å²) in [5, 5.41) is 2.59. The minimum Gasteiger partial charge on any atom is -0.497 e. The lowest BCUT2D eigenvalue weighted by atomic mass is 9.97. The molecular weight excluding hydrogens is 479 g/mol. The number of amides is 1. The average Bonchev–Trinajstić information content (AvgIpc) is 2.75. The molecule has 0 saturated carbocycles. The number of hydrogen-bond acceptors (Lipinski definition) is 5. The van der Waals surface area contributed by atoms with Crippen molar-refractivity contribution in [2.75, 3.05) is 32.6 Å². The van der Waals surface area contributed by atoms with Gasteiger partial charge in [-0.1, -0.05) is 15.9 Å². The van der Waals surface area contributed by atoms with Crippen LogP contribution < -0.4 is 14.8 Å². The number of rotatable bonds is 6. The van der Waals surface area contributed by atoms with Crippen LogP contribution in [-0.4, -0.2) is 45.9 Å². The quantitative estimate of drug-likeness (QED) is 0.654. The fourth-order valence-corrected chi connectivity index (χ4v) is 5.28. The van der Waals surface area contributed by atoms with Gasteiger partial charge in [-0.25, -0.2) is 12.8 Å². The largest absolute Gasteiger partial charge is 0.497 e. The molecule has 30 heavy (non-hydrogen) atoms. The van der Waals surface area contributed by atoms with E-state index < -0.39 is 21.8 Å². The molecule has 0 unspecified atom stereocenters. The number of hydrogen-bond donors (Lipinski definition) is 1. The molecule has 2 aromatic carbocycles. The van der Waals surface area contributed by atoms with Crippen molar-refractivity contribution in [3.8, 4) is 11.5 Å². The van der Waals surface area contributed by atoms with Crippen LogP contribution in [0.3, 0.4) is 0 Å². The van der Waals surface area contributed by atoms with Crippen LogP contribution in [-0.2, 0) is 14.8 Å². The second kappa shape index (κ2) is 9.32. The van der Waals surface area contributed by atoms with E-state index >= 15 is 0 Å². The lowest BCUT2D eigenvalue weighted by Crippen LogP contribution is -2.41. The van der Waals surface area contributed by atoms with E-state index in [-0.39, 0.29) is 35.3 Å². The number of nitrogens with one attached hydrogen (secondary N) is 1. The van der Waals surface area contributed by atoms with E-state index in [1.807, 2.05) is 0 Å². The Hall–Kier alpha value is -2.17. The van der Waals surface area contributed by atoms with Crippen molar-refractivity contribution in [3.63, 3.8) is 0 Å². The predicted octanol–water partition coefficient (Wildman–Crippen LogP) is 3.64. The summed E-state index contributed by atoms with van der Waals surface area (Å²) in [7, 11) is -0.969. The molecule has 0 bridgehead atoms. The number of carbonyl (C=O) groups excluding carboxylic acids is 1. The summed E-state index contributed by atoms with van der Waals surface area (Å²) in [5.74, 6) is -0.650. The highest BCUT2D eigenvalue weighted by molar-refractivity contribution is 9.10. The smallest absolute Gasteiger partial charge is 0.246 e. The Labute approximate surface area is 183 Å². The number of carbonyl (C=O) groups is 1. The molecule has 1 amide bonds. The van der Waals surface area contributed by atoms with Crippen molar-refractivity contribution in [2.45, 2.75) is 17.7 Å². The number of piperidine rings is 1. The van der Waals surface area contributed by atoms with Gasteiger partial charge in [0.1, 0.15) is 22.2 Å². The Morgan fingerprint density at radius 1 is 1.13 bits per heavy atom. The zero-order valence-electron chi connectivity index (χ0n) is 16.5. The van der Waals surface area contributed by atoms with Crippen LogP contribution in [0.25, 0.3) is 0 Å². The second-order valence-corrected chi connectivity index (χ2v) is 9.63. The maximum absolute atomic E-state index is 14.0. The lowest BCUT2D eigenvalue weighted by Gasteiger charge is -2.31. The summed E-state index contributed by atoms with van der Waals surface area (Å²) in [6.45, 7) is 0.340. The SMILES string of the molecule is COc1ccc(OC)c(S(=O)(=O)N2CCC(C(=O)Nc3ccc(Br)cc3F)CC2)c1. The van der Waals surface area contributed by atoms with E-state index in [9.17, 15) is 17.6 Å². The molecule has 2 aromatic rings. The van der Waals surface area contributed by atoms with Gasteiger partial charge in [0.25, 0.3) is 0 Å². The molecule has 0 spiro atoms. The van der Waals surface area contributed by atoms with Crippen molar-refractivity contribution in [3.05, 3.63) is 46.7 Å². The van der Waals surface area contributed by atoms with Gasteiger partial charge in [-0.3, -0.25) is 4.79 Å². The van der Waals surface area contributed by atoms with E-state index in [4.69, 9.17) is 9.47 Å². The maximum Gasteiger partial charge on any atom is 0.246 e. The normalized spacial score (nSPS) is 15.6. The molecule has 7 nitrogen and oxygen atoms in total. The van der Waals surface area contributed by atoms with Gasteiger partial charge in [0.05, 0.1) is 19.9 Å². The van der Waals surface area contributed by atoms with Crippen LogP contribution in [0.15, 0.2) is 45.8 Å². The Balaban J connectivity index is 1.69. The lowest BCUT2D eigenvalue weighted by molar-refractivity contribution is -0.120. The third-order valence-electron chi connectivity index (χ3n) is 5.00. The van der Waals surface area contributed by atoms with Crippen molar-refractivity contribution in [2.24, 2.45) is 5.92 Å². The first-order valence-electron chi connectivity index (χ1n) is 9.24. The fourth-order valence-electron chi connectivity index (χ4n) is 3.31. The molecule has 3 rings (SSSR count). The number of benzene rings is 2. The number of sulfonamides is 1. The summed E-state index contributed by atoms with van der Waals surface area (Å²) < 4.78 is 52.4. The summed E-state index contributed by atoms with van der Waals surface area (Å²) >= 11 is 3.17. The first-order chi connectivity index (χ1) is 14.3. The highest BCUT2D eigenvalue weighted by Crippen LogP contribution is 2.33. The Bertz CT molecular complexity index is 1040. The summed E-state index contributed by atoms with van der Waals surface area (Å²) in [6.07, 6.45) is 0.658. The van der Waals surface area contributed by atoms with Gasteiger partial charge in [0.15, 0.2) is 0 Å². The fraction of sp³-hybridized carbons (Fsp3) is 0.350. The zero-order chi connectivity index (χ0) is 21.9. The highest BCUT2D eigenvalue weighted by Gasteiger charge is 2.34. The van der Waals surface area contributed by atoms with E-state index in [1.165, 1.54) is 36.7 Å². The highest BCUT2D eigenvalue weighted by atomic mass is 79.9. The number of ether oxygens (including phenoxy) is 2. The van der Waals surface area contributed by atoms with Crippen molar-refractivity contribution < 1.29 is 27.1 Å². The zero-order valence-corrected chi connectivity index (χ0v) is 18.9. The van der Waals surface area contributed by atoms with E-state index in [1.54, 1.807) is 18.2 Å². The van der Waals surface area contributed by atoms with Gasteiger partial charge in [-0.2, -0.15) is 4.31 Å². The van der Waals surface area contributed by atoms with E-state index in [2.05, 4.69) is 21.2 Å². The summed E-state index contributed by atoms with van der Waals surface area (Å²) in [5.41, 5.74) is 0.0966. The van der Waals surface area contributed by atoms with Crippen LogP contribution in [0.1, 0.15) is 12.8 Å². The molecule has 0 aliphatic carbocycles. The van der Waals surface area contributed by atoms with Gasteiger partial charge in [-0.05, 0) is 43.2 Å². The number of halogens is 2. The third kappa shape index (κ3) is 4.76. The first kappa shape index (κ1) is 22.5. The Kier molecular flexibility index (Phi) is 6.99. The van der Waals surface area contributed by atoms with E-state index in [0.717, 1.165) is 0 Å². The second-order valence-electron chi connectivity index (χ2n) is 6.81. The predicted molar refractivity (Wildman–Crippen MR) is 114 cm³/mol. The average molecular weight is 501 g/mol. The molecule has 0 aromatic heterocycles. The number of nitrogens with zero attached hydrogens (tertiary/aromatic N) is 1. The molecule has 1 fully saturated rings. The van der Waals surface area contributed by atoms with Crippen LogP contribution in [0.4, 0.5) is 10.1 Å². The van der Waals surface area contributed by atoms with Gasteiger partial charge in [-0.15, -0.1) is 0 Å². The van der Waals surface area contributed by atoms with Gasteiger partial charge in [0.2, 0.25) is 15.9 Å². The van der Waals surface area contributed by atoms with Crippen molar-refractivity contribution >= 4 is 37.5 Å². The standard InChI is InChI=1S/C20H22BrFN2O5S/c1-28-15-4-6-18(29-2)19(12-15)30(26,27)24-9-7-13(8-10-24)20(25)23-17-5-3-14(21)11-16(17)22/h3-6,11-13H,7-10H2,1-2H3,(H,23,25). The van der Waals surface area contributed by atoms with Crippen molar-refractivity contribution in [1.82, 2.24) is 4.31 Å². The Morgan fingerprint density at radius 2 is 1.83 bits per heavy atom. The molecule has 0 radical (unpaired) electrons. The maximum atomic E-state index is 14.0. The van der Waals surface area contributed by atoms with Crippen LogP contribution >= 0.6 is 15.9 Å². The minimum atomic E-state index is -3.83. The van der Waals surface area contributed by atoms with Crippen molar-refractivity contribution in [1.29, 1.82) is 0 Å². The van der Waals surface area contributed by atoms with E-state index in [0.29, 0.717) is 23.1 Å². The first-order valence-corrected chi connectivity index (χ1v) is 11.5. The van der Waals surface area contributed by atoms with Crippen LogP contribution in [0.2, 0.25) is 0 Å². The number of methoxy groups -OCH3 is 2. The minimum absolute atomic E-state index is 0.0178. The topological polar surface area (TPSA) is 84.9 Å². The molecule has 0 atom stereocenters. The molecule has 1 N–H and O–H groups in total.